The SMILES string of the molecule is CC[CH](C)[AlH][CH]1CCCCO1. The summed E-state index contributed by atoms with van der Waals surface area (Å²) >= 11 is 0.0677. The summed E-state index contributed by atoms with van der Waals surface area (Å²) in [5, 5.41) is 0. The highest BCUT2D eigenvalue weighted by Crippen LogP contribution is 2.17. The fourth-order valence-corrected chi connectivity index (χ4v) is 3.67. The van der Waals surface area contributed by atoms with E-state index in [0.717, 1.165) is 16.4 Å². The molecule has 1 nitrogen and oxygen atoms in total. The van der Waals surface area contributed by atoms with E-state index < -0.39 is 0 Å². The first kappa shape index (κ1) is 9.58. The van der Waals surface area contributed by atoms with Crippen LogP contribution in [0.15, 0.2) is 0 Å². The molecule has 1 aliphatic rings. The van der Waals surface area contributed by atoms with Gasteiger partial charge in [-0.05, 0) is 19.3 Å². The fourth-order valence-electron chi connectivity index (χ4n) is 1.61. The van der Waals surface area contributed by atoms with Gasteiger partial charge in [0, 0.05) is 11.6 Å². The Morgan fingerprint density at radius 2 is 2.36 bits per heavy atom. The van der Waals surface area contributed by atoms with Crippen LogP contribution in [-0.4, -0.2) is 26.8 Å². The third kappa shape index (κ3) is 3.60. The molecule has 0 radical (unpaired) electrons. The van der Waals surface area contributed by atoms with Crippen LogP contribution < -0.4 is 0 Å². The summed E-state index contributed by atoms with van der Waals surface area (Å²) in [7, 11) is 0. The summed E-state index contributed by atoms with van der Waals surface area (Å²) in [4.78, 5) is 0.721. The van der Waals surface area contributed by atoms with Crippen LogP contribution in [0.3, 0.4) is 0 Å². The largest absolute Gasteiger partial charge is 0.394 e. The molecule has 0 aromatic carbocycles. The second-order valence-corrected chi connectivity index (χ2v) is 6.51. The normalized spacial score (nSPS) is 28.0. The Bertz CT molecular complexity index is 99.7. The van der Waals surface area contributed by atoms with Crippen LogP contribution in [0, 0.1) is 0 Å². The van der Waals surface area contributed by atoms with Gasteiger partial charge < -0.3 is 4.74 Å². The Balaban J connectivity index is 2.13. The van der Waals surface area contributed by atoms with Crippen molar-refractivity contribution in [3.63, 3.8) is 0 Å². The molecule has 1 aliphatic heterocycles. The maximum atomic E-state index is 5.71. The lowest BCUT2D eigenvalue weighted by Gasteiger charge is -2.23. The monoisotopic (exact) mass is 170 g/mol. The van der Waals surface area contributed by atoms with E-state index in [0.29, 0.717) is 0 Å². The van der Waals surface area contributed by atoms with Gasteiger partial charge in [0.25, 0.3) is 15.2 Å². The number of hydrogen-bond donors (Lipinski definition) is 0. The van der Waals surface area contributed by atoms with Crippen molar-refractivity contribution in [2.24, 2.45) is 0 Å². The van der Waals surface area contributed by atoms with Crippen LogP contribution in [0.5, 0.6) is 0 Å². The Morgan fingerprint density at radius 1 is 1.55 bits per heavy atom. The summed E-state index contributed by atoms with van der Waals surface area (Å²) in [5.74, 6) is 0. The van der Waals surface area contributed by atoms with E-state index >= 15 is 0 Å². The second kappa shape index (κ2) is 5.19. The first-order valence-corrected chi connectivity index (χ1v) is 6.57. The van der Waals surface area contributed by atoms with Gasteiger partial charge in [-0.2, -0.15) is 0 Å². The topological polar surface area (TPSA) is 9.23 Å². The second-order valence-electron chi connectivity index (χ2n) is 3.74. The van der Waals surface area contributed by atoms with Crippen molar-refractivity contribution in [3.05, 3.63) is 0 Å². The highest BCUT2D eigenvalue weighted by molar-refractivity contribution is 6.39. The Kier molecular flexibility index (Phi) is 4.52. The number of hydrogen-bond acceptors (Lipinski definition) is 1. The summed E-state index contributed by atoms with van der Waals surface area (Å²) in [6, 6.07) is 0. The Morgan fingerprint density at radius 3 is 2.91 bits per heavy atom. The third-order valence-electron chi connectivity index (χ3n) is 2.64. The van der Waals surface area contributed by atoms with Crippen LogP contribution in [0.1, 0.15) is 39.5 Å². The highest BCUT2D eigenvalue weighted by atomic mass is 27.1. The maximum absolute atomic E-state index is 5.71. The average molecular weight is 170 g/mol. The minimum absolute atomic E-state index is 0.0677. The van der Waals surface area contributed by atoms with E-state index in [9.17, 15) is 0 Å². The minimum Gasteiger partial charge on any atom is -0.394 e. The van der Waals surface area contributed by atoms with E-state index in [2.05, 4.69) is 13.8 Å². The van der Waals surface area contributed by atoms with Gasteiger partial charge in [0.2, 0.25) is 0 Å². The maximum Gasteiger partial charge on any atom is 0.285 e. The van der Waals surface area contributed by atoms with E-state index in [1.54, 1.807) is 0 Å². The van der Waals surface area contributed by atoms with Gasteiger partial charge >= 0.3 is 0 Å². The first-order valence-electron chi connectivity index (χ1n) is 4.94. The fraction of sp³-hybridized carbons (Fsp3) is 1.00. The molecule has 0 aromatic heterocycles. The van der Waals surface area contributed by atoms with Gasteiger partial charge in [-0.15, -0.1) is 0 Å². The van der Waals surface area contributed by atoms with Crippen LogP contribution >= 0.6 is 0 Å². The molecule has 64 valence electrons. The number of ether oxygens (including phenoxy) is 1. The lowest BCUT2D eigenvalue weighted by Crippen LogP contribution is -2.27. The minimum atomic E-state index is 0.0677. The van der Waals surface area contributed by atoms with Gasteiger partial charge in [0.1, 0.15) is 0 Å². The molecule has 2 heteroatoms. The predicted molar refractivity (Wildman–Crippen MR) is 50.5 cm³/mol. The number of rotatable bonds is 3. The van der Waals surface area contributed by atoms with Crippen molar-refractivity contribution in [1.29, 1.82) is 0 Å². The molecule has 0 amide bonds. The molecule has 0 spiro atoms. The van der Waals surface area contributed by atoms with Gasteiger partial charge in [-0.25, -0.2) is 0 Å². The van der Waals surface area contributed by atoms with Crippen molar-refractivity contribution in [2.45, 2.75) is 49.3 Å². The molecule has 0 N–H and O–H groups in total. The van der Waals surface area contributed by atoms with Crippen LogP contribution in [0.2, 0.25) is 4.78 Å². The zero-order valence-corrected chi connectivity index (χ0v) is 9.22. The zero-order valence-electron chi connectivity index (χ0n) is 7.81. The van der Waals surface area contributed by atoms with E-state index in [4.69, 9.17) is 4.74 Å². The average Bonchev–Trinajstić information content (AvgIpc) is 2.06. The quantitative estimate of drug-likeness (QED) is 0.590. The Hall–Kier alpha value is 0.492. The summed E-state index contributed by atoms with van der Waals surface area (Å²) in [6.07, 6.45) is 5.42. The third-order valence-corrected chi connectivity index (χ3v) is 5.19. The molecule has 0 aliphatic carbocycles. The van der Waals surface area contributed by atoms with Gasteiger partial charge in [0.15, 0.2) is 0 Å². The van der Waals surface area contributed by atoms with Gasteiger partial charge in [-0.1, -0.05) is 25.0 Å². The van der Waals surface area contributed by atoms with Crippen LogP contribution in [0.4, 0.5) is 0 Å². The molecular weight excluding hydrogens is 151 g/mol. The predicted octanol–water partition coefficient (Wildman–Crippen LogP) is 2.17. The lowest BCUT2D eigenvalue weighted by molar-refractivity contribution is 0.0643. The molecular formula is C9H19AlO. The first-order chi connectivity index (χ1) is 5.33. The molecule has 0 aromatic rings. The van der Waals surface area contributed by atoms with Crippen molar-refractivity contribution in [3.8, 4) is 0 Å². The van der Waals surface area contributed by atoms with Crippen molar-refractivity contribution >= 4 is 15.2 Å². The van der Waals surface area contributed by atoms with E-state index in [1.165, 1.54) is 25.7 Å². The summed E-state index contributed by atoms with van der Waals surface area (Å²) < 4.78 is 6.70. The van der Waals surface area contributed by atoms with Crippen LogP contribution in [-0.2, 0) is 4.74 Å². The molecule has 1 fully saturated rings. The van der Waals surface area contributed by atoms with Gasteiger partial charge in [0.05, 0.1) is 0 Å². The summed E-state index contributed by atoms with van der Waals surface area (Å²) in [6.45, 7) is 5.71. The van der Waals surface area contributed by atoms with Crippen LogP contribution in [0.25, 0.3) is 0 Å². The van der Waals surface area contributed by atoms with E-state index in [-0.39, 0.29) is 15.2 Å². The van der Waals surface area contributed by atoms with Crippen molar-refractivity contribution < 1.29 is 4.74 Å². The standard InChI is InChI=1S/C5H9O.C4H9.Al.H/c1-2-4-6-5-3-1;1-3-4-2;;/h4H,1-3,5H2;3H,4H2,1-2H3;;. The molecule has 0 bridgehead atoms. The Labute approximate surface area is 76.2 Å². The molecule has 2 atom stereocenters. The van der Waals surface area contributed by atoms with E-state index in [1.807, 2.05) is 0 Å². The highest BCUT2D eigenvalue weighted by Gasteiger charge is 2.18. The summed E-state index contributed by atoms with van der Waals surface area (Å²) in [5.41, 5.74) is 0. The van der Waals surface area contributed by atoms with Crippen molar-refractivity contribution in [1.82, 2.24) is 0 Å². The van der Waals surface area contributed by atoms with Crippen molar-refractivity contribution in [2.75, 3.05) is 6.61 Å². The lowest BCUT2D eigenvalue weighted by atomic mass is 10.2. The molecule has 1 heterocycles. The van der Waals surface area contributed by atoms with Gasteiger partial charge in [-0.3, -0.25) is 0 Å². The zero-order chi connectivity index (χ0) is 8.10. The molecule has 11 heavy (non-hydrogen) atoms. The molecule has 0 saturated carbocycles. The smallest absolute Gasteiger partial charge is 0.285 e. The molecule has 1 rings (SSSR count). The molecule has 2 unspecified atom stereocenters. The molecule has 1 saturated heterocycles.